The normalized spacial score (nSPS) is 17.1. The van der Waals surface area contributed by atoms with Gasteiger partial charge in [-0.1, -0.05) is 18.2 Å². The van der Waals surface area contributed by atoms with Gasteiger partial charge in [-0.3, -0.25) is 14.8 Å². The van der Waals surface area contributed by atoms with E-state index in [0.717, 1.165) is 11.3 Å². The van der Waals surface area contributed by atoms with Crippen LogP contribution < -0.4 is 16.0 Å². The van der Waals surface area contributed by atoms with Gasteiger partial charge in [-0.05, 0) is 11.6 Å². The lowest BCUT2D eigenvalue weighted by Crippen LogP contribution is -2.21. The molecule has 100 valence electrons. The summed E-state index contributed by atoms with van der Waals surface area (Å²) in [5.41, 5.74) is 0.530. The molecule has 0 bridgehead atoms. The predicted molar refractivity (Wildman–Crippen MR) is 70.9 cm³/mol. The average Bonchev–Trinajstić information content (AvgIpc) is 3.01. The number of H-pyrrole nitrogens is 3. The highest BCUT2D eigenvalue weighted by atomic mass is 16.5. The molecule has 0 aliphatic carbocycles. The van der Waals surface area contributed by atoms with Crippen molar-refractivity contribution in [1.29, 1.82) is 0 Å². The number of para-hydroxylation sites is 1. The third kappa shape index (κ3) is 1.56. The topological polar surface area (TPSA) is 104 Å². The fourth-order valence-electron chi connectivity index (χ4n) is 2.44. The number of nitrogens with zero attached hydrogens (tertiary/aromatic N) is 1. The molecule has 0 saturated heterocycles. The Morgan fingerprint density at radius 1 is 1.15 bits per heavy atom. The van der Waals surface area contributed by atoms with Crippen LogP contribution in [0.4, 0.5) is 0 Å². The Hall–Kier alpha value is -2.83. The van der Waals surface area contributed by atoms with Gasteiger partial charge in [-0.25, -0.2) is 9.78 Å². The van der Waals surface area contributed by atoms with E-state index in [4.69, 9.17) is 4.74 Å². The zero-order valence-corrected chi connectivity index (χ0v) is 10.3. The Labute approximate surface area is 111 Å². The van der Waals surface area contributed by atoms with Gasteiger partial charge >= 0.3 is 5.69 Å². The van der Waals surface area contributed by atoms with Crippen molar-refractivity contribution in [3.63, 3.8) is 0 Å². The highest BCUT2D eigenvalue weighted by Crippen LogP contribution is 2.35. The zero-order chi connectivity index (χ0) is 13.7. The molecule has 1 aliphatic rings. The maximum atomic E-state index is 11.7. The lowest BCUT2D eigenvalue weighted by molar-refractivity contribution is 0.229. The van der Waals surface area contributed by atoms with Crippen molar-refractivity contribution in [2.24, 2.45) is 0 Å². The van der Waals surface area contributed by atoms with Gasteiger partial charge in [0.2, 0.25) is 0 Å². The number of aromatic nitrogens is 4. The van der Waals surface area contributed by atoms with E-state index in [1.54, 1.807) is 0 Å². The van der Waals surface area contributed by atoms with E-state index in [-0.39, 0.29) is 17.3 Å². The molecule has 1 aliphatic heterocycles. The second-order valence-corrected chi connectivity index (χ2v) is 4.67. The molecule has 0 fully saturated rings. The Morgan fingerprint density at radius 3 is 2.85 bits per heavy atom. The van der Waals surface area contributed by atoms with Gasteiger partial charge in [0, 0.05) is 6.42 Å². The smallest absolute Gasteiger partial charge is 0.327 e. The van der Waals surface area contributed by atoms with Crippen LogP contribution in [0.15, 0.2) is 33.9 Å². The summed E-state index contributed by atoms with van der Waals surface area (Å²) in [6.45, 7) is 0. The van der Waals surface area contributed by atoms with Crippen LogP contribution >= 0.6 is 0 Å². The summed E-state index contributed by atoms with van der Waals surface area (Å²) in [6.07, 6.45) is 0.403. The van der Waals surface area contributed by atoms with Crippen molar-refractivity contribution < 1.29 is 4.74 Å². The number of ether oxygens (including phenoxy) is 1. The van der Waals surface area contributed by atoms with E-state index in [1.165, 1.54) is 0 Å². The van der Waals surface area contributed by atoms with Gasteiger partial charge in [0.25, 0.3) is 5.56 Å². The summed E-state index contributed by atoms with van der Waals surface area (Å²) >= 11 is 0. The van der Waals surface area contributed by atoms with Gasteiger partial charge < -0.3 is 9.72 Å². The SMILES string of the molecule is O=c1[nH]c(=O)c2[nH]c(C3Cc4ccccc4O3)nc2[nH]1. The van der Waals surface area contributed by atoms with Gasteiger partial charge in [0.1, 0.15) is 11.3 Å². The molecule has 1 unspecified atom stereocenters. The Balaban J connectivity index is 1.80. The van der Waals surface area contributed by atoms with E-state index in [0.29, 0.717) is 12.2 Å². The van der Waals surface area contributed by atoms with Crippen molar-refractivity contribution in [1.82, 2.24) is 19.9 Å². The molecule has 1 aromatic carbocycles. The number of aromatic amines is 3. The van der Waals surface area contributed by atoms with Crippen LogP contribution in [0.1, 0.15) is 17.5 Å². The lowest BCUT2D eigenvalue weighted by atomic mass is 10.1. The average molecular weight is 270 g/mol. The van der Waals surface area contributed by atoms with Crippen LogP contribution in [-0.4, -0.2) is 19.9 Å². The predicted octanol–water partition coefficient (Wildman–Crippen LogP) is 0.616. The summed E-state index contributed by atoms with van der Waals surface area (Å²) in [5, 5.41) is 0. The molecule has 3 heterocycles. The summed E-state index contributed by atoms with van der Waals surface area (Å²) in [6, 6.07) is 7.74. The first kappa shape index (κ1) is 11.0. The van der Waals surface area contributed by atoms with Crippen molar-refractivity contribution in [3.8, 4) is 5.75 Å². The lowest BCUT2D eigenvalue weighted by Gasteiger charge is -2.06. The largest absolute Gasteiger partial charge is 0.482 e. The van der Waals surface area contributed by atoms with Crippen molar-refractivity contribution in [2.75, 3.05) is 0 Å². The molecular weight excluding hydrogens is 260 g/mol. The zero-order valence-electron chi connectivity index (χ0n) is 10.3. The minimum atomic E-state index is -0.573. The molecule has 0 radical (unpaired) electrons. The van der Waals surface area contributed by atoms with E-state index in [9.17, 15) is 9.59 Å². The maximum absolute atomic E-state index is 11.7. The number of benzene rings is 1. The highest BCUT2D eigenvalue weighted by Gasteiger charge is 2.27. The molecule has 0 saturated carbocycles. The first-order valence-corrected chi connectivity index (χ1v) is 6.17. The molecule has 0 amide bonds. The van der Waals surface area contributed by atoms with Crippen molar-refractivity contribution in [2.45, 2.75) is 12.5 Å². The molecule has 3 N–H and O–H groups in total. The van der Waals surface area contributed by atoms with Gasteiger partial charge in [0.05, 0.1) is 0 Å². The first-order chi connectivity index (χ1) is 9.70. The third-order valence-corrected chi connectivity index (χ3v) is 3.36. The van der Waals surface area contributed by atoms with Crippen molar-refractivity contribution in [3.05, 3.63) is 56.5 Å². The number of hydrogen-bond acceptors (Lipinski definition) is 4. The molecule has 2 aromatic heterocycles. The van der Waals surface area contributed by atoms with Crippen LogP contribution in [0.25, 0.3) is 11.2 Å². The van der Waals surface area contributed by atoms with E-state index >= 15 is 0 Å². The first-order valence-electron chi connectivity index (χ1n) is 6.17. The number of imidazole rings is 1. The molecule has 1 atom stereocenters. The molecule has 7 heteroatoms. The van der Waals surface area contributed by atoms with Crippen molar-refractivity contribution >= 4 is 11.2 Å². The summed E-state index contributed by atoms with van der Waals surface area (Å²) < 4.78 is 5.79. The number of rotatable bonds is 1. The molecule has 7 nitrogen and oxygen atoms in total. The quantitative estimate of drug-likeness (QED) is 0.602. The molecular formula is C13H10N4O3. The molecule has 20 heavy (non-hydrogen) atoms. The molecule has 3 aromatic rings. The Bertz CT molecular complexity index is 896. The van der Waals surface area contributed by atoms with Crippen LogP contribution in [0.3, 0.4) is 0 Å². The Morgan fingerprint density at radius 2 is 2.00 bits per heavy atom. The van der Waals surface area contributed by atoms with Gasteiger partial charge in [-0.2, -0.15) is 0 Å². The minimum absolute atomic E-state index is 0.244. The van der Waals surface area contributed by atoms with E-state index in [2.05, 4.69) is 19.9 Å². The summed E-state index contributed by atoms with van der Waals surface area (Å²) in [7, 11) is 0. The minimum Gasteiger partial charge on any atom is -0.482 e. The van der Waals surface area contributed by atoms with Crippen LogP contribution in [0.2, 0.25) is 0 Å². The van der Waals surface area contributed by atoms with Gasteiger partial charge in [0.15, 0.2) is 17.6 Å². The van der Waals surface area contributed by atoms with Gasteiger partial charge in [-0.15, -0.1) is 0 Å². The monoisotopic (exact) mass is 270 g/mol. The number of hydrogen-bond donors (Lipinski definition) is 3. The molecule has 4 rings (SSSR count). The second-order valence-electron chi connectivity index (χ2n) is 4.67. The number of fused-ring (bicyclic) bond motifs is 2. The fourth-order valence-corrected chi connectivity index (χ4v) is 2.44. The standard InChI is InChI=1S/C13H10N4O3/c18-12-9-11(16-13(19)17-12)15-10(14-9)8-5-6-3-1-2-4-7(6)20-8/h1-4,8H,5H2,(H3,14,15,16,17,18,19). The maximum Gasteiger partial charge on any atom is 0.327 e. The van der Waals surface area contributed by atoms with Crippen LogP contribution in [-0.2, 0) is 6.42 Å². The second kappa shape index (κ2) is 3.83. The highest BCUT2D eigenvalue weighted by molar-refractivity contribution is 5.68. The summed E-state index contributed by atoms with van der Waals surface area (Å²) in [4.78, 5) is 34.7. The number of nitrogens with one attached hydrogen (secondary N) is 3. The van der Waals surface area contributed by atoms with Crippen LogP contribution in [0, 0.1) is 0 Å². The fraction of sp³-hybridized carbons (Fsp3) is 0.154. The van der Waals surface area contributed by atoms with E-state index < -0.39 is 11.2 Å². The third-order valence-electron chi connectivity index (χ3n) is 3.36. The van der Waals surface area contributed by atoms with E-state index in [1.807, 2.05) is 24.3 Å². The summed E-state index contributed by atoms with van der Waals surface area (Å²) in [5.74, 6) is 1.35. The Kier molecular flexibility index (Phi) is 2.11. The molecule has 0 spiro atoms. The van der Waals surface area contributed by atoms with Crippen LogP contribution in [0.5, 0.6) is 5.75 Å².